The molecule has 0 spiro atoms. The number of carbonyl (C=O) groups excluding carboxylic acids is 1. The molecule has 0 unspecified atom stereocenters. The van der Waals surface area contributed by atoms with E-state index in [9.17, 15) is 13.2 Å². The zero-order chi connectivity index (χ0) is 24.9. The zero-order valence-electron chi connectivity index (χ0n) is 19.7. The molecular weight excluding hydrogens is 470 g/mol. The minimum Gasteiger partial charge on any atom is -0.396 e. The number of aromatic nitrogens is 2. The Balaban J connectivity index is 1.70. The summed E-state index contributed by atoms with van der Waals surface area (Å²) in [6.45, 7) is 2.46. The van der Waals surface area contributed by atoms with Gasteiger partial charge in [0.1, 0.15) is 10.6 Å². The zero-order valence-corrected chi connectivity index (χ0v) is 20.6. The Kier molecular flexibility index (Phi) is 7.68. The number of urea groups is 1. The van der Waals surface area contributed by atoms with Crippen molar-refractivity contribution in [3.05, 3.63) is 48.2 Å². The first-order chi connectivity index (χ1) is 16.9. The Labute approximate surface area is 205 Å². The quantitative estimate of drug-likeness (QED) is 0.445. The molecule has 35 heavy (non-hydrogen) atoms. The average molecular weight is 502 g/mol. The van der Waals surface area contributed by atoms with Crippen LogP contribution in [0.4, 0.5) is 16.3 Å². The molecule has 0 radical (unpaired) electrons. The van der Waals surface area contributed by atoms with Crippen LogP contribution < -0.4 is 15.5 Å². The fourth-order valence-electron chi connectivity index (χ4n) is 4.03. The van der Waals surface area contributed by atoms with Crippen molar-refractivity contribution in [1.82, 2.24) is 15.3 Å². The van der Waals surface area contributed by atoms with Gasteiger partial charge in [-0.2, -0.15) is 0 Å². The highest BCUT2D eigenvalue weighted by Crippen LogP contribution is 2.53. The van der Waals surface area contributed by atoms with E-state index in [-0.39, 0.29) is 18.4 Å². The first kappa shape index (κ1) is 25.1. The minimum atomic E-state index is -3.51. The van der Waals surface area contributed by atoms with Crippen molar-refractivity contribution >= 4 is 27.4 Å². The fourth-order valence-corrected chi connectivity index (χ4v) is 5.89. The molecule has 2 amide bonds. The Bertz CT molecular complexity index is 1170. The smallest absolute Gasteiger partial charge is 0.318 e. The third kappa shape index (κ3) is 5.63. The second kappa shape index (κ2) is 10.7. The molecule has 10 nitrogen and oxygen atoms in total. The van der Waals surface area contributed by atoms with E-state index in [0.29, 0.717) is 68.6 Å². The lowest BCUT2D eigenvalue weighted by Gasteiger charge is -2.29. The number of aliphatic hydroxyl groups excluding tert-OH is 1. The molecule has 4 rings (SSSR count). The normalized spacial score (nSPS) is 17.4. The van der Waals surface area contributed by atoms with Crippen molar-refractivity contribution < 1.29 is 23.1 Å². The minimum absolute atomic E-state index is 0.0166. The van der Waals surface area contributed by atoms with Gasteiger partial charge >= 0.3 is 6.03 Å². The van der Waals surface area contributed by atoms with E-state index in [1.54, 1.807) is 49.5 Å². The number of benzene rings is 1. The predicted octanol–water partition coefficient (Wildman–Crippen LogP) is 2.07. The lowest BCUT2D eigenvalue weighted by Crippen LogP contribution is -2.37. The highest BCUT2D eigenvalue weighted by atomic mass is 32.2. The van der Waals surface area contributed by atoms with Gasteiger partial charge < -0.3 is 25.4 Å². The maximum absolute atomic E-state index is 13.3. The van der Waals surface area contributed by atoms with Crippen molar-refractivity contribution in [2.75, 3.05) is 55.9 Å². The van der Waals surface area contributed by atoms with Gasteiger partial charge in [-0.05, 0) is 43.5 Å². The van der Waals surface area contributed by atoms with E-state index in [1.807, 2.05) is 0 Å². The van der Waals surface area contributed by atoms with Crippen molar-refractivity contribution in [3.63, 3.8) is 0 Å². The second-order valence-corrected chi connectivity index (χ2v) is 10.9. The standard InChI is InChI=1S/C24H31N5O5S/c1-25-23(31)26-19-7-5-18(6-8-19)22-27-20(17-21(28-22)29-11-14-34-15-12-29)24(9-10-24)35(32,33)16-4-2-3-13-30/h2,4-8,17,30H,3,9-16H2,1H3,(H2,25,26,31). The molecule has 1 aromatic heterocycles. The number of morpholine rings is 1. The molecule has 11 heteroatoms. The summed E-state index contributed by atoms with van der Waals surface area (Å²) in [6, 6.07) is 8.60. The lowest BCUT2D eigenvalue weighted by atomic mass is 10.1. The van der Waals surface area contributed by atoms with Crippen molar-refractivity contribution in [1.29, 1.82) is 0 Å². The summed E-state index contributed by atoms with van der Waals surface area (Å²) in [4.78, 5) is 23.2. The number of nitrogens with zero attached hydrogens (tertiary/aromatic N) is 3. The fraction of sp³-hybridized carbons (Fsp3) is 0.458. The van der Waals surface area contributed by atoms with Crippen molar-refractivity contribution in [2.24, 2.45) is 0 Å². The first-order valence-electron chi connectivity index (χ1n) is 11.7. The molecule has 3 N–H and O–H groups in total. The molecule has 0 bridgehead atoms. The number of carbonyl (C=O) groups is 1. The Morgan fingerprint density at radius 2 is 1.89 bits per heavy atom. The van der Waals surface area contributed by atoms with E-state index in [0.717, 1.165) is 5.56 Å². The Hall–Kier alpha value is -3.02. The topological polar surface area (TPSA) is 134 Å². The van der Waals surface area contributed by atoms with E-state index in [1.165, 1.54) is 0 Å². The van der Waals surface area contributed by atoms with E-state index >= 15 is 0 Å². The van der Waals surface area contributed by atoms with Gasteiger partial charge in [-0.25, -0.2) is 23.2 Å². The monoisotopic (exact) mass is 501 g/mol. The molecule has 1 aliphatic carbocycles. The van der Waals surface area contributed by atoms with Gasteiger partial charge in [0.05, 0.1) is 24.7 Å². The van der Waals surface area contributed by atoms with Gasteiger partial charge in [0, 0.05) is 44.1 Å². The molecule has 188 valence electrons. The van der Waals surface area contributed by atoms with Crippen LogP contribution in [0.3, 0.4) is 0 Å². The molecule has 0 atom stereocenters. The Morgan fingerprint density at radius 1 is 1.17 bits per heavy atom. The van der Waals surface area contributed by atoms with Gasteiger partial charge in [-0.15, -0.1) is 0 Å². The molecule has 2 fully saturated rings. The van der Waals surface area contributed by atoms with Crippen LogP contribution in [-0.2, 0) is 19.3 Å². The number of ether oxygens (including phenoxy) is 1. The Morgan fingerprint density at radius 3 is 2.51 bits per heavy atom. The number of hydrogen-bond acceptors (Lipinski definition) is 8. The first-order valence-corrected chi connectivity index (χ1v) is 13.3. The molecule has 1 aliphatic heterocycles. The molecule has 2 aromatic rings. The van der Waals surface area contributed by atoms with Crippen LogP contribution in [0.15, 0.2) is 42.5 Å². The van der Waals surface area contributed by atoms with Crippen LogP contribution in [0.1, 0.15) is 25.0 Å². The summed E-state index contributed by atoms with van der Waals surface area (Å²) in [5.41, 5.74) is 1.85. The molecule has 1 saturated carbocycles. The maximum atomic E-state index is 13.3. The van der Waals surface area contributed by atoms with E-state index in [2.05, 4.69) is 15.5 Å². The summed E-state index contributed by atoms with van der Waals surface area (Å²) in [5.74, 6) is 1.02. The number of nitrogens with one attached hydrogen (secondary N) is 2. The van der Waals surface area contributed by atoms with E-state index < -0.39 is 14.6 Å². The largest absolute Gasteiger partial charge is 0.396 e. The summed E-state index contributed by atoms with van der Waals surface area (Å²) in [5, 5.41) is 14.2. The van der Waals surface area contributed by atoms with Crippen LogP contribution in [-0.4, -0.2) is 75.2 Å². The van der Waals surface area contributed by atoms with Gasteiger partial charge in [-0.3, -0.25) is 0 Å². The number of anilines is 2. The van der Waals surface area contributed by atoms with E-state index in [4.69, 9.17) is 19.8 Å². The number of rotatable bonds is 9. The van der Waals surface area contributed by atoms with Gasteiger partial charge in [0.2, 0.25) is 0 Å². The highest BCUT2D eigenvalue weighted by Gasteiger charge is 2.56. The number of amides is 2. The molecule has 2 aliphatic rings. The SMILES string of the molecule is CNC(=O)Nc1ccc(-c2nc(N3CCOCC3)cc(C3(S(=O)(=O)CC=CCCO)CC3)n2)cc1. The molecule has 2 heterocycles. The summed E-state index contributed by atoms with van der Waals surface area (Å²) >= 11 is 0. The van der Waals surface area contributed by atoms with Crippen molar-refractivity contribution in [3.8, 4) is 11.4 Å². The van der Waals surface area contributed by atoms with Gasteiger partial charge in [0.15, 0.2) is 15.7 Å². The molecular formula is C24H31N5O5S. The third-order valence-corrected chi connectivity index (χ3v) is 8.66. The highest BCUT2D eigenvalue weighted by molar-refractivity contribution is 7.92. The van der Waals surface area contributed by atoms with Crippen LogP contribution in [0.2, 0.25) is 0 Å². The van der Waals surface area contributed by atoms with Crippen LogP contribution in [0.25, 0.3) is 11.4 Å². The summed E-state index contributed by atoms with van der Waals surface area (Å²) in [6.07, 6.45) is 4.74. The van der Waals surface area contributed by atoms with Crippen molar-refractivity contribution in [2.45, 2.75) is 24.0 Å². The molecule has 1 aromatic carbocycles. The third-order valence-electron chi connectivity index (χ3n) is 6.22. The lowest BCUT2D eigenvalue weighted by molar-refractivity contribution is 0.122. The summed E-state index contributed by atoms with van der Waals surface area (Å²) < 4.78 is 31.1. The number of hydrogen-bond donors (Lipinski definition) is 3. The van der Waals surface area contributed by atoms with Gasteiger partial charge in [-0.1, -0.05) is 12.2 Å². The molecule has 1 saturated heterocycles. The number of sulfone groups is 1. The van der Waals surface area contributed by atoms with Crippen LogP contribution in [0, 0.1) is 0 Å². The summed E-state index contributed by atoms with van der Waals surface area (Å²) in [7, 11) is -1.97. The number of aliphatic hydroxyl groups is 1. The maximum Gasteiger partial charge on any atom is 0.318 e. The predicted molar refractivity (Wildman–Crippen MR) is 134 cm³/mol. The second-order valence-electron chi connectivity index (χ2n) is 8.58. The van der Waals surface area contributed by atoms with Crippen LogP contribution >= 0.6 is 0 Å². The average Bonchev–Trinajstić information content (AvgIpc) is 3.70. The van der Waals surface area contributed by atoms with Crippen LogP contribution in [0.5, 0.6) is 0 Å². The van der Waals surface area contributed by atoms with Gasteiger partial charge in [0.25, 0.3) is 0 Å².